The third-order valence-electron chi connectivity index (χ3n) is 6.79. The van der Waals surface area contributed by atoms with Crippen LogP contribution >= 0.6 is 11.3 Å². The summed E-state index contributed by atoms with van der Waals surface area (Å²) in [7, 11) is 1.58. The van der Waals surface area contributed by atoms with Crippen molar-refractivity contribution in [3.8, 4) is 11.5 Å². The highest BCUT2D eigenvalue weighted by atomic mass is 32.1. The van der Waals surface area contributed by atoms with Gasteiger partial charge in [-0.3, -0.25) is 14.5 Å². The van der Waals surface area contributed by atoms with Crippen LogP contribution in [-0.4, -0.2) is 36.5 Å². The minimum Gasteiger partial charge on any atom is -0.493 e. The van der Waals surface area contributed by atoms with E-state index in [0.29, 0.717) is 28.8 Å². The highest BCUT2D eigenvalue weighted by molar-refractivity contribution is 7.15. The molecule has 2 aliphatic heterocycles. The van der Waals surface area contributed by atoms with Gasteiger partial charge < -0.3 is 14.2 Å². The number of aryl methyl sites for hydroxylation is 2. The summed E-state index contributed by atoms with van der Waals surface area (Å²) in [6.07, 6.45) is 3.40. The maximum absolute atomic E-state index is 13.8. The zero-order valence-electron chi connectivity index (χ0n) is 19.3. The van der Waals surface area contributed by atoms with Crippen molar-refractivity contribution in [2.75, 3.05) is 18.6 Å². The zero-order valence-corrected chi connectivity index (χ0v) is 20.2. The lowest BCUT2D eigenvalue weighted by Gasteiger charge is -2.35. The number of rotatable bonds is 5. The molecule has 2 aromatic rings. The van der Waals surface area contributed by atoms with Crippen molar-refractivity contribution in [3.63, 3.8) is 0 Å². The number of hydrogen-bond donors (Lipinski definition) is 0. The highest BCUT2D eigenvalue weighted by Crippen LogP contribution is 2.50. The van der Waals surface area contributed by atoms with Crippen LogP contribution in [0.1, 0.15) is 54.8 Å². The van der Waals surface area contributed by atoms with Crippen molar-refractivity contribution in [2.24, 2.45) is 5.92 Å². The third-order valence-corrected chi connectivity index (χ3v) is 7.86. The number of methoxy groups -OCH3 is 1. The molecule has 3 aliphatic rings. The van der Waals surface area contributed by atoms with E-state index in [2.05, 4.69) is 4.98 Å². The molecule has 3 atom stereocenters. The molecular weight excluding hydrogens is 440 g/mol. The zero-order chi connectivity index (χ0) is 23.3. The summed E-state index contributed by atoms with van der Waals surface area (Å²) in [5.41, 5.74) is 2.09. The van der Waals surface area contributed by atoms with Crippen molar-refractivity contribution in [1.82, 2.24) is 4.98 Å². The molecule has 1 aromatic heterocycles. The fraction of sp³-hybridized carbons (Fsp3) is 0.480. The molecule has 1 aromatic carbocycles. The second-order valence-electron chi connectivity index (χ2n) is 8.71. The minimum absolute atomic E-state index is 0.0275. The first-order valence-corrected chi connectivity index (χ1v) is 12.3. The number of Topliss-reactive ketones (excluding diaryl/α,β-unsaturated/α-hetero) is 1. The van der Waals surface area contributed by atoms with Crippen molar-refractivity contribution >= 4 is 28.2 Å². The van der Waals surface area contributed by atoms with Crippen LogP contribution in [0.3, 0.4) is 0 Å². The molecule has 8 heteroatoms. The van der Waals surface area contributed by atoms with Crippen molar-refractivity contribution < 1.29 is 23.8 Å². The van der Waals surface area contributed by atoms with Gasteiger partial charge in [-0.25, -0.2) is 4.98 Å². The molecule has 3 heterocycles. The van der Waals surface area contributed by atoms with E-state index in [1.165, 1.54) is 11.3 Å². The maximum Gasteiger partial charge on any atom is 0.296 e. The molecule has 1 aliphatic carbocycles. The van der Waals surface area contributed by atoms with Crippen LogP contribution in [0.5, 0.6) is 11.5 Å². The minimum atomic E-state index is -0.614. The van der Waals surface area contributed by atoms with E-state index in [4.69, 9.17) is 14.2 Å². The number of thiazole rings is 1. The number of benzene rings is 1. The van der Waals surface area contributed by atoms with E-state index in [1.54, 1.807) is 12.0 Å². The fourth-order valence-electron chi connectivity index (χ4n) is 5.05. The molecule has 0 bridgehead atoms. The Labute approximate surface area is 197 Å². The molecule has 0 saturated heterocycles. The Hall–Kier alpha value is -2.87. The third kappa shape index (κ3) is 3.51. The number of hydrogen-bond acceptors (Lipinski definition) is 7. The van der Waals surface area contributed by atoms with E-state index in [1.807, 2.05) is 39.0 Å². The average Bonchev–Trinajstić information content (AvgIpc) is 3.30. The second-order valence-corrected chi connectivity index (χ2v) is 9.89. The van der Waals surface area contributed by atoms with Crippen molar-refractivity contribution in [1.29, 1.82) is 0 Å². The number of carbonyl (C=O) groups excluding carboxylic acids is 2. The summed E-state index contributed by atoms with van der Waals surface area (Å²) in [4.78, 5) is 34.8. The van der Waals surface area contributed by atoms with E-state index in [9.17, 15) is 9.59 Å². The van der Waals surface area contributed by atoms with E-state index in [-0.39, 0.29) is 29.5 Å². The van der Waals surface area contributed by atoms with Gasteiger partial charge in [0.15, 0.2) is 28.2 Å². The van der Waals surface area contributed by atoms with Crippen LogP contribution in [-0.2, 0) is 14.3 Å². The highest BCUT2D eigenvalue weighted by Gasteiger charge is 2.53. The fourth-order valence-corrected chi connectivity index (χ4v) is 5.98. The second kappa shape index (κ2) is 8.48. The largest absolute Gasteiger partial charge is 0.493 e. The van der Waals surface area contributed by atoms with Crippen LogP contribution < -0.4 is 14.4 Å². The monoisotopic (exact) mass is 468 g/mol. The number of fused-ring (bicyclic) bond motifs is 1. The Morgan fingerprint density at radius 1 is 1.18 bits per heavy atom. The summed E-state index contributed by atoms with van der Waals surface area (Å²) < 4.78 is 17.5. The molecule has 1 saturated carbocycles. The average molecular weight is 469 g/mol. The Bertz CT molecular complexity index is 1130. The van der Waals surface area contributed by atoms with Gasteiger partial charge in [-0.05, 0) is 57.7 Å². The topological polar surface area (TPSA) is 78.0 Å². The number of amides is 1. The summed E-state index contributed by atoms with van der Waals surface area (Å²) in [6.45, 7) is 6.32. The first kappa shape index (κ1) is 21.9. The predicted molar refractivity (Wildman–Crippen MR) is 125 cm³/mol. The lowest BCUT2D eigenvalue weighted by atomic mass is 9.77. The predicted octanol–water partition coefficient (Wildman–Crippen LogP) is 4.67. The van der Waals surface area contributed by atoms with Gasteiger partial charge in [0, 0.05) is 4.88 Å². The Morgan fingerprint density at radius 2 is 1.97 bits per heavy atom. The van der Waals surface area contributed by atoms with E-state index >= 15 is 0 Å². The van der Waals surface area contributed by atoms with Gasteiger partial charge in [0.1, 0.15) is 6.10 Å². The lowest BCUT2D eigenvalue weighted by Crippen LogP contribution is -2.39. The Balaban J connectivity index is 1.66. The molecule has 0 radical (unpaired) electrons. The molecule has 5 rings (SSSR count). The Morgan fingerprint density at radius 3 is 2.67 bits per heavy atom. The van der Waals surface area contributed by atoms with Gasteiger partial charge in [0.25, 0.3) is 5.91 Å². The van der Waals surface area contributed by atoms with Crippen LogP contribution in [0.4, 0.5) is 5.13 Å². The van der Waals surface area contributed by atoms with Crippen LogP contribution in [0, 0.1) is 19.8 Å². The smallest absolute Gasteiger partial charge is 0.296 e. The molecule has 1 amide bonds. The molecule has 3 unspecified atom stereocenters. The van der Waals surface area contributed by atoms with Gasteiger partial charge >= 0.3 is 0 Å². The van der Waals surface area contributed by atoms with Crippen LogP contribution in [0.15, 0.2) is 29.5 Å². The van der Waals surface area contributed by atoms with Crippen LogP contribution in [0.25, 0.3) is 0 Å². The first-order chi connectivity index (χ1) is 15.9. The summed E-state index contributed by atoms with van der Waals surface area (Å²) in [5, 5.41) is 0.571. The number of ether oxygens (including phenoxy) is 3. The first-order valence-electron chi connectivity index (χ1n) is 11.5. The van der Waals surface area contributed by atoms with Crippen molar-refractivity contribution in [3.05, 3.63) is 45.7 Å². The van der Waals surface area contributed by atoms with Gasteiger partial charge in [-0.2, -0.15) is 0 Å². The number of nitrogens with zero attached hydrogens (tertiary/aromatic N) is 2. The number of carbonyl (C=O) groups is 2. The van der Waals surface area contributed by atoms with Crippen molar-refractivity contribution in [2.45, 2.75) is 58.6 Å². The molecule has 7 nitrogen and oxygen atoms in total. The molecule has 174 valence electrons. The lowest BCUT2D eigenvalue weighted by molar-refractivity contribution is -0.131. The van der Waals surface area contributed by atoms with Gasteiger partial charge in [0.2, 0.25) is 0 Å². The summed E-state index contributed by atoms with van der Waals surface area (Å²) in [6, 6.07) is 4.95. The van der Waals surface area contributed by atoms with Crippen LogP contribution in [0.2, 0.25) is 0 Å². The van der Waals surface area contributed by atoms with E-state index < -0.39 is 6.04 Å². The Kier molecular flexibility index (Phi) is 5.64. The number of ketones is 1. The number of anilines is 1. The molecular formula is C25H28N2O5S. The SMILES string of the molecule is CCOc1ccc(C2C3=C(OC4CCCCC4C3=O)C(=O)N2c2nc(C)c(C)s2)cc1OC. The quantitative estimate of drug-likeness (QED) is 0.635. The summed E-state index contributed by atoms with van der Waals surface area (Å²) >= 11 is 1.45. The standard InChI is InChI=1S/C25H28N2O5S/c1-5-31-18-11-10-15(12-19(18)30-4)21-20-22(28)16-8-6-7-9-17(16)32-23(20)24(29)27(21)25-26-13(2)14(3)33-25/h10-12,16-17,21H,5-9H2,1-4H3. The molecule has 1 fully saturated rings. The summed E-state index contributed by atoms with van der Waals surface area (Å²) in [5.74, 6) is 0.896. The molecule has 33 heavy (non-hydrogen) atoms. The molecule has 0 N–H and O–H groups in total. The maximum atomic E-state index is 13.8. The normalized spacial score (nSPS) is 24.5. The van der Waals surface area contributed by atoms with Gasteiger partial charge in [0.05, 0.1) is 36.9 Å². The van der Waals surface area contributed by atoms with Gasteiger partial charge in [-0.15, -0.1) is 11.3 Å². The molecule has 0 spiro atoms. The number of aromatic nitrogens is 1. The van der Waals surface area contributed by atoms with E-state index in [0.717, 1.165) is 41.8 Å². The van der Waals surface area contributed by atoms with Gasteiger partial charge in [-0.1, -0.05) is 12.5 Å².